The van der Waals surface area contributed by atoms with E-state index >= 15 is 0 Å². The molecule has 0 atom stereocenters. The summed E-state index contributed by atoms with van der Waals surface area (Å²) in [4.78, 5) is 21.2. The molecule has 0 aliphatic heterocycles. The number of hydrogen-bond donors (Lipinski definition) is 2. The highest BCUT2D eigenvalue weighted by atomic mass is 16.5. The van der Waals surface area contributed by atoms with E-state index < -0.39 is 6.03 Å². The van der Waals surface area contributed by atoms with E-state index in [1.54, 1.807) is 66.5 Å². The first kappa shape index (κ1) is 23.4. The Balaban J connectivity index is 1.41. The third kappa shape index (κ3) is 5.58. The second-order valence-electron chi connectivity index (χ2n) is 7.18. The number of rotatable bonds is 8. The summed E-state index contributed by atoms with van der Waals surface area (Å²) in [6, 6.07) is 13.2. The van der Waals surface area contributed by atoms with E-state index in [9.17, 15) is 4.79 Å². The van der Waals surface area contributed by atoms with E-state index in [-0.39, 0.29) is 0 Å². The van der Waals surface area contributed by atoms with Crippen molar-refractivity contribution in [2.45, 2.75) is 6.92 Å². The third-order valence-corrected chi connectivity index (χ3v) is 4.80. The van der Waals surface area contributed by atoms with E-state index in [0.717, 1.165) is 0 Å². The number of carbonyl (C=O) groups excluding carboxylic acids is 1. The molecular formula is C24H24N6O5. The lowest BCUT2D eigenvalue weighted by atomic mass is 10.2. The number of amides is 2. The number of methoxy groups -OCH3 is 3. The van der Waals surface area contributed by atoms with Crippen LogP contribution < -0.4 is 29.6 Å². The maximum Gasteiger partial charge on any atom is 0.323 e. The number of anilines is 2. The monoisotopic (exact) mass is 476 g/mol. The average molecular weight is 476 g/mol. The Bertz CT molecular complexity index is 1280. The fraction of sp³-hybridized carbons (Fsp3) is 0.167. The van der Waals surface area contributed by atoms with Gasteiger partial charge in [-0.3, -0.25) is 0 Å². The van der Waals surface area contributed by atoms with Gasteiger partial charge in [0, 0.05) is 36.3 Å². The van der Waals surface area contributed by atoms with E-state index in [4.69, 9.17) is 18.9 Å². The zero-order valence-electron chi connectivity index (χ0n) is 19.6. The molecule has 0 bridgehead atoms. The molecule has 4 aromatic rings. The van der Waals surface area contributed by atoms with Crippen LogP contribution in [-0.2, 0) is 0 Å². The molecule has 0 aliphatic carbocycles. The molecule has 2 N–H and O–H groups in total. The normalized spacial score (nSPS) is 10.4. The first-order valence-electron chi connectivity index (χ1n) is 10.5. The summed E-state index contributed by atoms with van der Waals surface area (Å²) < 4.78 is 23.4. The second-order valence-corrected chi connectivity index (χ2v) is 7.18. The topological polar surface area (TPSA) is 122 Å². The van der Waals surface area contributed by atoms with Gasteiger partial charge in [-0.25, -0.2) is 14.5 Å². The van der Waals surface area contributed by atoms with E-state index in [1.165, 1.54) is 21.3 Å². The van der Waals surface area contributed by atoms with Crippen molar-refractivity contribution in [3.63, 3.8) is 0 Å². The second kappa shape index (κ2) is 10.4. The van der Waals surface area contributed by atoms with Gasteiger partial charge in [-0.1, -0.05) is 0 Å². The summed E-state index contributed by atoms with van der Waals surface area (Å²) in [5.41, 5.74) is 1.04. The van der Waals surface area contributed by atoms with Crippen molar-refractivity contribution in [2.75, 3.05) is 32.0 Å². The molecule has 2 heterocycles. The standard InChI is InChI=1S/C24H24N6O5/c1-15-26-21(30-11-5-10-25-30)14-22(27-15)35-18-8-6-16(7-9-18)28-24(31)29-17-12-19(32-2)23(34-4)20(13-17)33-3/h5-14H,1-4H3,(H2,28,29,31). The van der Waals surface area contributed by atoms with Crippen LogP contribution in [-0.4, -0.2) is 47.1 Å². The minimum atomic E-state index is -0.441. The molecule has 0 spiro atoms. The van der Waals surface area contributed by atoms with Gasteiger partial charge in [-0.2, -0.15) is 10.1 Å². The summed E-state index contributed by atoms with van der Waals surface area (Å²) in [5.74, 6) is 3.37. The molecule has 0 unspecified atom stereocenters. The number of nitrogens with zero attached hydrogens (tertiary/aromatic N) is 4. The summed E-state index contributed by atoms with van der Waals surface area (Å²) in [6.45, 7) is 1.78. The van der Waals surface area contributed by atoms with Crippen LogP contribution in [0.3, 0.4) is 0 Å². The van der Waals surface area contributed by atoms with Crippen LogP contribution in [0.2, 0.25) is 0 Å². The highest BCUT2D eigenvalue weighted by Gasteiger charge is 2.15. The number of hydrogen-bond acceptors (Lipinski definition) is 8. The number of urea groups is 1. The van der Waals surface area contributed by atoms with Gasteiger partial charge < -0.3 is 29.6 Å². The Morgan fingerprint density at radius 1 is 0.886 bits per heavy atom. The Kier molecular flexibility index (Phi) is 6.96. The van der Waals surface area contributed by atoms with Gasteiger partial charge in [0.15, 0.2) is 17.3 Å². The maximum absolute atomic E-state index is 12.5. The maximum atomic E-state index is 12.5. The van der Waals surface area contributed by atoms with Crippen LogP contribution in [0, 0.1) is 6.92 Å². The molecule has 2 amide bonds. The van der Waals surface area contributed by atoms with Crippen molar-refractivity contribution in [3.05, 3.63) is 66.7 Å². The number of nitrogens with one attached hydrogen (secondary N) is 2. The molecule has 11 nitrogen and oxygen atoms in total. The lowest BCUT2D eigenvalue weighted by Gasteiger charge is -2.15. The predicted molar refractivity (Wildman–Crippen MR) is 129 cm³/mol. The number of carbonyl (C=O) groups is 1. The van der Waals surface area contributed by atoms with Gasteiger partial charge in [-0.05, 0) is 37.3 Å². The minimum Gasteiger partial charge on any atom is -0.493 e. The Labute approximate surface area is 201 Å². The zero-order chi connectivity index (χ0) is 24.8. The van der Waals surface area contributed by atoms with Gasteiger partial charge in [0.05, 0.1) is 27.0 Å². The molecule has 0 aliphatic rings. The van der Waals surface area contributed by atoms with Crippen molar-refractivity contribution >= 4 is 17.4 Å². The molecule has 0 saturated heterocycles. The summed E-state index contributed by atoms with van der Waals surface area (Å²) in [6.07, 6.45) is 3.46. The smallest absolute Gasteiger partial charge is 0.323 e. The average Bonchev–Trinajstić information content (AvgIpc) is 3.39. The number of ether oxygens (including phenoxy) is 4. The van der Waals surface area contributed by atoms with Gasteiger partial charge in [0.25, 0.3) is 0 Å². The fourth-order valence-electron chi connectivity index (χ4n) is 3.27. The van der Waals surface area contributed by atoms with Crippen LogP contribution in [0.1, 0.15) is 5.82 Å². The van der Waals surface area contributed by atoms with Crippen LogP contribution in [0.15, 0.2) is 60.9 Å². The van der Waals surface area contributed by atoms with Gasteiger partial charge in [-0.15, -0.1) is 0 Å². The molecule has 180 valence electrons. The van der Waals surface area contributed by atoms with Crippen LogP contribution in [0.25, 0.3) is 5.82 Å². The summed E-state index contributed by atoms with van der Waals surface area (Å²) >= 11 is 0. The first-order valence-corrected chi connectivity index (χ1v) is 10.5. The highest BCUT2D eigenvalue weighted by molar-refractivity contribution is 6.00. The van der Waals surface area contributed by atoms with Crippen molar-refractivity contribution in [3.8, 4) is 34.7 Å². The molecule has 2 aromatic carbocycles. The molecule has 35 heavy (non-hydrogen) atoms. The summed E-state index contributed by atoms with van der Waals surface area (Å²) in [7, 11) is 4.52. The molecule has 11 heteroatoms. The van der Waals surface area contributed by atoms with Gasteiger partial charge >= 0.3 is 6.03 Å². The molecule has 0 radical (unpaired) electrons. The molecule has 0 saturated carbocycles. The van der Waals surface area contributed by atoms with Crippen molar-refractivity contribution < 1.29 is 23.7 Å². The highest BCUT2D eigenvalue weighted by Crippen LogP contribution is 2.40. The Hall–Kier alpha value is -4.80. The van der Waals surface area contributed by atoms with Gasteiger partial charge in [0.2, 0.25) is 11.6 Å². The largest absolute Gasteiger partial charge is 0.493 e. The van der Waals surface area contributed by atoms with Crippen LogP contribution >= 0.6 is 0 Å². The van der Waals surface area contributed by atoms with Crippen molar-refractivity contribution in [2.24, 2.45) is 0 Å². The molecule has 0 fully saturated rings. The fourth-order valence-corrected chi connectivity index (χ4v) is 3.27. The third-order valence-electron chi connectivity index (χ3n) is 4.80. The lowest BCUT2D eigenvalue weighted by molar-refractivity contribution is 0.262. The van der Waals surface area contributed by atoms with E-state index in [2.05, 4.69) is 25.7 Å². The molecule has 4 rings (SSSR count). The van der Waals surface area contributed by atoms with Crippen molar-refractivity contribution in [1.29, 1.82) is 0 Å². The number of aromatic nitrogens is 4. The lowest BCUT2D eigenvalue weighted by Crippen LogP contribution is -2.19. The number of aryl methyl sites for hydroxylation is 1. The molecular weight excluding hydrogens is 452 g/mol. The molecule has 2 aromatic heterocycles. The van der Waals surface area contributed by atoms with Gasteiger partial charge in [0.1, 0.15) is 11.6 Å². The Morgan fingerprint density at radius 2 is 1.57 bits per heavy atom. The summed E-state index contributed by atoms with van der Waals surface area (Å²) in [5, 5.41) is 9.69. The van der Waals surface area contributed by atoms with E-state index in [0.29, 0.717) is 51.9 Å². The zero-order valence-corrected chi connectivity index (χ0v) is 19.6. The van der Waals surface area contributed by atoms with Crippen molar-refractivity contribution in [1.82, 2.24) is 19.7 Å². The minimum absolute atomic E-state index is 0.379. The van der Waals surface area contributed by atoms with E-state index in [1.807, 2.05) is 6.07 Å². The predicted octanol–water partition coefficient (Wildman–Crippen LogP) is 4.43. The number of benzene rings is 2. The first-order chi connectivity index (χ1) is 17.0. The Morgan fingerprint density at radius 3 is 2.17 bits per heavy atom. The van der Waals surface area contributed by atoms with Crippen LogP contribution in [0.4, 0.5) is 16.2 Å². The van der Waals surface area contributed by atoms with Crippen LogP contribution in [0.5, 0.6) is 28.9 Å². The quantitative estimate of drug-likeness (QED) is 0.383. The SMILES string of the molecule is COc1cc(NC(=O)Nc2ccc(Oc3cc(-n4cccn4)nc(C)n3)cc2)cc(OC)c1OC.